The van der Waals surface area contributed by atoms with Crippen molar-refractivity contribution in [2.24, 2.45) is 0 Å². The number of rotatable bonds is 3. The summed E-state index contributed by atoms with van der Waals surface area (Å²) >= 11 is 1.88. The molecule has 0 aliphatic carbocycles. The van der Waals surface area contributed by atoms with Gasteiger partial charge in [-0.1, -0.05) is 6.07 Å². The van der Waals surface area contributed by atoms with Crippen LogP contribution in [0.25, 0.3) is 0 Å². The summed E-state index contributed by atoms with van der Waals surface area (Å²) < 4.78 is 0. The molecule has 92 valence electrons. The smallest absolute Gasteiger partial charge is 0.314 e. The van der Waals surface area contributed by atoms with Crippen molar-refractivity contribution in [3.63, 3.8) is 0 Å². The van der Waals surface area contributed by atoms with E-state index in [9.17, 15) is 10.1 Å². The lowest BCUT2D eigenvalue weighted by Crippen LogP contribution is -2.26. The molecular formula is C11H15N3O2S. The third-order valence-corrected chi connectivity index (χ3v) is 3.99. The number of nitrogen functional groups attached to an aromatic ring is 1. The van der Waals surface area contributed by atoms with E-state index in [-0.39, 0.29) is 11.4 Å². The molecule has 0 amide bonds. The number of hydrogen-bond acceptors (Lipinski definition) is 5. The molecule has 0 bridgehead atoms. The van der Waals surface area contributed by atoms with Crippen molar-refractivity contribution in [2.45, 2.75) is 18.9 Å². The van der Waals surface area contributed by atoms with Gasteiger partial charge < -0.3 is 11.1 Å². The number of nitrogens with zero attached hydrogens (tertiary/aromatic N) is 1. The molecule has 0 saturated carbocycles. The van der Waals surface area contributed by atoms with Crippen LogP contribution in [-0.2, 0) is 0 Å². The summed E-state index contributed by atoms with van der Waals surface area (Å²) in [5.74, 6) is 2.17. The maximum Gasteiger partial charge on any atom is 0.314 e. The van der Waals surface area contributed by atoms with Crippen LogP contribution in [0.4, 0.5) is 17.1 Å². The van der Waals surface area contributed by atoms with E-state index >= 15 is 0 Å². The Morgan fingerprint density at radius 1 is 1.53 bits per heavy atom. The molecule has 1 unspecified atom stereocenters. The first-order valence-electron chi connectivity index (χ1n) is 5.55. The van der Waals surface area contributed by atoms with E-state index in [1.807, 2.05) is 11.8 Å². The van der Waals surface area contributed by atoms with Gasteiger partial charge in [-0.2, -0.15) is 11.8 Å². The van der Waals surface area contributed by atoms with E-state index in [0.717, 1.165) is 18.6 Å². The molecular weight excluding hydrogens is 238 g/mol. The molecule has 1 heterocycles. The fourth-order valence-electron chi connectivity index (χ4n) is 1.96. The Labute approximate surface area is 104 Å². The van der Waals surface area contributed by atoms with Crippen LogP contribution >= 0.6 is 11.8 Å². The second-order valence-electron chi connectivity index (χ2n) is 4.06. The van der Waals surface area contributed by atoms with Crippen molar-refractivity contribution >= 4 is 28.8 Å². The fourth-order valence-corrected chi connectivity index (χ4v) is 3.03. The van der Waals surface area contributed by atoms with Crippen molar-refractivity contribution in [2.75, 3.05) is 22.6 Å². The Kier molecular flexibility index (Phi) is 3.73. The number of nitrogens with one attached hydrogen (secondary N) is 1. The number of para-hydroxylation sites is 1. The molecule has 5 nitrogen and oxygen atoms in total. The van der Waals surface area contributed by atoms with Gasteiger partial charge in [0.1, 0.15) is 11.4 Å². The van der Waals surface area contributed by atoms with Crippen molar-refractivity contribution < 1.29 is 4.92 Å². The lowest BCUT2D eigenvalue weighted by atomic mass is 10.1. The third-order valence-electron chi connectivity index (χ3n) is 2.77. The zero-order valence-electron chi connectivity index (χ0n) is 9.39. The van der Waals surface area contributed by atoms with Crippen LogP contribution in [0.3, 0.4) is 0 Å². The minimum atomic E-state index is -0.423. The molecule has 1 fully saturated rings. The summed E-state index contributed by atoms with van der Waals surface area (Å²) in [6.45, 7) is 0. The summed E-state index contributed by atoms with van der Waals surface area (Å²) in [7, 11) is 0. The third kappa shape index (κ3) is 2.82. The summed E-state index contributed by atoms with van der Waals surface area (Å²) in [5.41, 5.74) is 6.37. The lowest BCUT2D eigenvalue weighted by molar-refractivity contribution is -0.383. The van der Waals surface area contributed by atoms with Crippen molar-refractivity contribution in [1.29, 1.82) is 0 Å². The van der Waals surface area contributed by atoms with Crippen LogP contribution in [0.1, 0.15) is 12.8 Å². The number of hydrogen-bond donors (Lipinski definition) is 2. The van der Waals surface area contributed by atoms with Crippen LogP contribution in [-0.4, -0.2) is 22.5 Å². The maximum atomic E-state index is 11.0. The van der Waals surface area contributed by atoms with Gasteiger partial charge in [-0.25, -0.2) is 0 Å². The van der Waals surface area contributed by atoms with Crippen molar-refractivity contribution in [3.8, 4) is 0 Å². The number of thioether (sulfide) groups is 1. The molecule has 1 aliphatic heterocycles. The molecule has 0 spiro atoms. The predicted octanol–water partition coefficient (Wildman–Crippen LogP) is 2.48. The number of nitrogens with two attached hydrogens (primary N) is 1. The Hall–Kier alpha value is -1.43. The topological polar surface area (TPSA) is 81.2 Å². The average Bonchev–Trinajstić information content (AvgIpc) is 2.30. The molecule has 6 heteroatoms. The monoisotopic (exact) mass is 253 g/mol. The largest absolute Gasteiger partial charge is 0.393 e. The first kappa shape index (κ1) is 12.0. The molecule has 1 saturated heterocycles. The first-order chi connectivity index (χ1) is 8.18. The average molecular weight is 253 g/mol. The highest BCUT2D eigenvalue weighted by Crippen LogP contribution is 2.32. The molecule has 17 heavy (non-hydrogen) atoms. The maximum absolute atomic E-state index is 11.0. The van der Waals surface area contributed by atoms with Crippen molar-refractivity contribution in [1.82, 2.24) is 0 Å². The quantitative estimate of drug-likeness (QED) is 0.491. The van der Waals surface area contributed by atoms with Gasteiger partial charge in [0.2, 0.25) is 0 Å². The van der Waals surface area contributed by atoms with Crippen LogP contribution in [0.2, 0.25) is 0 Å². The van der Waals surface area contributed by atoms with Crippen molar-refractivity contribution in [3.05, 3.63) is 28.3 Å². The first-order valence-corrected chi connectivity index (χ1v) is 6.71. The van der Waals surface area contributed by atoms with Gasteiger partial charge in [-0.05, 0) is 30.7 Å². The van der Waals surface area contributed by atoms with Gasteiger partial charge in [0, 0.05) is 11.8 Å². The van der Waals surface area contributed by atoms with Gasteiger partial charge in [0.25, 0.3) is 0 Å². The minimum absolute atomic E-state index is 0.0110. The summed E-state index contributed by atoms with van der Waals surface area (Å²) in [4.78, 5) is 10.5. The fraction of sp³-hybridized carbons (Fsp3) is 0.455. The van der Waals surface area contributed by atoms with E-state index in [0.29, 0.717) is 11.7 Å². The van der Waals surface area contributed by atoms with Gasteiger partial charge in [0.15, 0.2) is 0 Å². The molecule has 1 aromatic carbocycles. The highest BCUT2D eigenvalue weighted by Gasteiger charge is 2.21. The molecule has 2 rings (SSSR count). The standard InChI is InChI=1S/C11H15N3O2S/c12-9-4-1-5-10(11(9)14(15)16)13-8-3-2-6-17-7-8/h1,4-5,8,13H,2-3,6-7,12H2. The van der Waals surface area contributed by atoms with Gasteiger partial charge in [0.05, 0.1) is 4.92 Å². The molecule has 0 radical (unpaired) electrons. The SMILES string of the molecule is Nc1cccc(NC2CCCSC2)c1[N+](=O)[O-]. The zero-order valence-corrected chi connectivity index (χ0v) is 10.2. The minimum Gasteiger partial charge on any atom is -0.393 e. The van der Waals surface area contributed by atoms with E-state index in [4.69, 9.17) is 5.73 Å². The molecule has 1 atom stereocenters. The number of anilines is 2. The Morgan fingerprint density at radius 3 is 3.00 bits per heavy atom. The molecule has 3 N–H and O–H groups in total. The van der Waals surface area contributed by atoms with E-state index in [1.54, 1.807) is 18.2 Å². The molecule has 1 aromatic rings. The molecule has 0 aromatic heterocycles. The van der Waals surface area contributed by atoms with E-state index in [2.05, 4.69) is 5.32 Å². The number of nitro groups is 1. The zero-order chi connectivity index (χ0) is 12.3. The number of benzene rings is 1. The summed E-state index contributed by atoms with van der Waals surface area (Å²) in [5, 5.41) is 14.2. The second-order valence-corrected chi connectivity index (χ2v) is 5.21. The Bertz CT molecular complexity index is 419. The van der Waals surface area contributed by atoms with Gasteiger partial charge >= 0.3 is 5.69 Å². The summed E-state index contributed by atoms with van der Waals surface area (Å²) in [6.07, 6.45) is 2.21. The predicted molar refractivity (Wildman–Crippen MR) is 71.5 cm³/mol. The molecule has 1 aliphatic rings. The lowest BCUT2D eigenvalue weighted by Gasteiger charge is -2.23. The van der Waals surface area contributed by atoms with Crippen LogP contribution in [0, 0.1) is 10.1 Å². The second kappa shape index (κ2) is 5.27. The van der Waals surface area contributed by atoms with Gasteiger partial charge in [-0.3, -0.25) is 10.1 Å². The highest BCUT2D eigenvalue weighted by atomic mass is 32.2. The van der Waals surface area contributed by atoms with E-state index in [1.165, 1.54) is 5.75 Å². The summed E-state index contributed by atoms with van der Waals surface area (Å²) in [6, 6.07) is 5.31. The normalized spacial score (nSPS) is 19.9. The van der Waals surface area contributed by atoms with Gasteiger partial charge in [-0.15, -0.1) is 0 Å². The van der Waals surface area contributed by atoms with Crippen LogP contribution < -0.4 is 11.1 Å². The number of nitro benzene ring substituents is 1. The Balaban J connectivity index is 2.19. The van der Waals surface area contributed by atoms with Crippen LogP contribution in [0.5, 0.6) is 0 Å². The van der Waals surface area contributed by atoms with E-state index < -0.39 is 4.92 Å². The highest BCUT2D eigenvalue weighted by molar-refractivity contribution is 7.99. The Morgan fingerprint density at radius 2 is 2.35 bits per heavy atom. The van der Waals surface area contributed by atoms with Crippen LogP contribution in [0.15, 0.2) is 18.2 Å².